The van der Waals surface area contributed by atoms with Crippen molar-refractivity contribution >= 4 is 33.1 Å². The average molecular weight is 302 g/mol. The molecule has 0 atom stereocenters. The van der Waals surface area contributed by atoms with Gasteiger partial charge < -0.3 is 5.73 Å². The number of halogens is 2. The fraction of sp³-hybridized carbons (Fsp3) is 0. The van der Waals surface area contributed by atoms with Crippen molar-refractivity contribution in [3.8, 4) is 0 Å². The van der Waals surface area contributed by atoms with Gasteiger partial charge in [0, 0.05) is 6.20 Å². The average Bonchev–Trinajstić information content (AvgIpc) is 2.34. The molecule has 8 heteroatoms. The minimum Gasteiger partial charge on any atom is -0.396 e. The third-order valence-electron chi connectivity index (χ3n) is 2.24. The molecule has 0 amide bonds. The smallest absolute Gasteiger partial charge is 0.264 e. The molecule has 19 heavy (non-hydrogen) atoms. The molecule has 100 valence electrons. The lowest BCUT2D eigenvalue weighted by atomic mass is 10.3. The van der Waals surface area contributed by atoms with Gasteiger partial charge in [0.05, 0.1) is 10.7 Å². The van der Waals surface area contributed by atoms with Gasteiger partial charge in [0.1, 0.15) is 16.5 Å². The zero-order valence-corrected chi connectivity index (χ0v) is 11.0. The maximum Gasteiger partial charge on any atom is 0.264 e. The summed E-state index contributed by atoms with van der Waals surface area (Å²) < 4.78 is 39.5. The van der Waals surface area contributed by atoms with Crippen molar-refractivity contribution in [1.82, 2.24) is 4.98 Å². The summed E-state index contributed by atoms with van der Waals surface area (Å²) in [5.41, 5.74) is 5.04. The normalized spacial score (nSPS) is 11.3. The summed E-state index contributed by atoms with van der Waals surface area (Å²) in [7, 11) is -3.97. The molecule has 1 heterocycles. The van der Waals surface area contributed by atoms with Crippen molar-refractivity contribution in [1.29, 1.82) is 0 Å². The highest BCUT2D eigenvalue weighted by Crippen LogP contribution is 2.27. The van der Waals surface area contributed by atoms with E-state index in [4.69, 9.17) is 17.3 Å². The van der Waals surface area contributed by atoms with E-state index in [-0.39, 0.29) is 21.4 Å². The Kier molecular flexibility index (Phi) is 3.59. The fourth-order valence-corrected chi connectivity index (χ4v) is 2.93. The first-order chi connectivity index (χ1) is 8.90. The number of benzene rings is 1. The number of rotatable bonds is 3. The third-order valence-corrected chi connectivity index (χ3v) is 4.06. The Labute approximate surface area is 114 Å². The van der Waals surface area contributed by atoms with Crippen LogP contribution >= 0.6 is 11.6 Å². The van der Waals surface area contributed by atoms with E-state index in [0.717, 1.165) is 12.1 Å². The van der Waals surface area contributed by atoms with Gasteiger partial charge in [0.25, 0.3) is 10.0 Å². The number of hydrogen-bond donors (Lipinski definition) is 2. The number of nitrogens with two attached hydrogens (primary N) is 1. The maximum atomic E-state index is 13.1. The largest absolute Gasteiger partial charge is 0.396 e. The first kappa shape index (κ1) is 13.6. The topological polar surface area (TPSA) is 85.1 Å². The second kappa shape index (κ2) is 5.02. The first-order valence-corrected chi connectivity index (χ1v) is 6.94. The van der Waals surface area contributed by atoms with E-state index in [0.29, 0.717) is 0 Å². The molecule has 1 aromatic carbocycles. The Morgan fingerprint density at radius 1 is 1.32 bits per heavy atom. The number of aromatic nitrogens is 1. The Morgan fingerprint density at radius 3 is 2.68 bits per heavy atom. The van der Waals surface area contributed by atoms with Crippen molar-refractivity contribution in [2.45, 2.75) is 4.90 Å². The van der Waals surface area contributed by atoms with Crippen LogP contribution in [0.1, 0.15) is 0 Å². The molecule has 0 fully saturated rings. The van der Waals surface area contributed by atoms with Gasteiger partial charge >= 0.3 is 0 Å². The second-order valence-corrected chi connectivity index (χ2v) is 5.68. The molecule has 0 unspecified atom stereocenters. The van der Waals surface area contributed by atoms with E-state index >= 15 is 0 Å². The molecular weight excluding hydrogens is 293 g/mol. The van der Waals surface area contributed by atoms with Crippen molar-refractivity contribution in [2.75, 3.05) is 10.5 Å². The lowest BCUT2D eigenvalue weighted by molar-refractivity contribution is 0.600. The zero-order chi connectivity index (χ0) is 14.0. The van der Waals surface area contributed by atoms with Crippen LogP contribution in [0.15, 0.2) is 41.4 Å². The van der Waals surface area contributed by atoms with Gasteiger partial charge in [0.2, 0.25) is 0 Å². The first-order valence-electron chi connectivity index (χ1n) is 5.08. The number of pyridine rings is 1. The summed E-state index contributed by atoms with van der Waals surface area (Å²) >= 11 is 5.72. The van der Waals surface area contributed by atoms with Crippen LogP contribution in [0.3, 0.4) is 0 Å². The van der Waals surface area contributed by atoms with Crippen molar-refractivity contribution in [2.24, 2.45) is 0 Å². The Balaban J connectivity index is 2.43. The van der Waals surface area contributed by atoms with Gasteiger partial charge in [-0.2, -0.15) is 0 Å². The summed E-state index contributed by atoms with van der Waals surface area (Å²) in [4.78, 5) is 3.51. The number of sulfonamides is 1. The van der Waals surface area contributed by atoms with Crippen LogP contribution < -0.4 is 10.5 Å². The molecule has 0 saturated heterocycles. The van der Waals surface area contributed by atoms with Gasteiger partial charge in [-0.05, 0) is 24.3 Å². The Hall–Kier alpha value is -1.86. The van der Waals surface area contributed by atoms with Crippen LogP contribution in [0.2, 0.25) is 5.02 Å². The van der Waals surface area contributed by atoms with Crippen LogP contribution in [0.5, 0.6) is 0 Å². The molecular formula is C11H9ClFN3O2S. The zero-order valence-electron chi connectivity index (χ0n) is 9.47. The van der Waals surface area contributed by atoms with Gasteiger partial charge in [0.15, 0.2) is 0 Å². The lowest BCUT2D eigenvalue weighted by Gasteiger charge is -2.09. The number of nitrogens with one attached hydrogen (secondary N) is 1. The molecule has 0 spiro atoms. The number of nitrogens with zero attached hydrogens (tertiary/aromatic N) is 1. The minimum atomic E-state index is -3.97. The van der Waals surface area contributed by atoms with E-state index in [1.807, 2.05) is 0 Å². The molecule has 1 aromatic heterocycles. The van der Waals surface area contributed by atoms with Crippen molar-refractivity contribution in [3.63, 3.8) is 0 Å². The van der Waals surface area contributed by atoms with E-state index in [9.17, 15) is 12.8 Å². The summed E-state index contributed by atoms with van der Waals surface area (Å²) in [6.07, 6.45) is 1.43. The van der Waals surface area contributed by atoms with Gasteiger partial charge in [-0.1, -0.05) is 17.7 Å². The molecule has 3 N–H and O–H groups in total. The molecule has 0 aliphatic rings. The van der Waals surface area contributed by atoms with Gasteiger partial charge in [-0.25, -0.2) is 17.8 Å². The molecule has 0 bridgehead atoms. The van der Waals surface area contributed by atoms with Crippen LogP contribution in [0.4, 0.5) is 15.9 Å². The lowest BCUT2D eigenvalue weighted by Crippen LogP contribution is -2.15. The SMILES string of the molecule is Nc1cc(S(=O)(=O)Nc2ccccn2)c(Cl)cc1F. The quantitative estimate of drug-likeness (QED) is 0.852. The maximum absolute atomic E-state index is 13.1. The summed E-state index contributed by atoms with van der Waals surface area (Å²) in [5, 5.41) is -0.255. The van der Waals surface area contributed by atoms with Gasteiger partial charge in [-0.15, -0.1) is 0 Å². The molecule has 0 aliphatic heterocycles. The highest BCUT2D eigenvalue weighted by Gasteiger charge is 2.20. The summed E-state index contributed by atoms with van der Waals surface area (Å²) in [6, 6.07) is 6.54. The van der Waals surface area contributed by atoms with E-state index in [1.54, 1.807) is 12.1 Å². The molecule has 2 aromatic rings. The number of hydrogen-bond acceptors (Lipinski definition) is 4. The van der Waals surface area contributed by atoms with Crippen LogP contribution in [0.25, 0.3) is 0 Å². The monoisotopic (exact) mass is 301 g/mol. The highest BCUT2D eigenvalue weighted by molar-refractivity contribution is 7.92. The van der Waals surface area contributed by atoms with Crippen LogP contribution in [-0.2, 0) is 10.0 Å². The third kappa shape index (κ3) is 2.94. The highest BCUT2D eigenvalue weighted by atomic mass is 35.5. The molecule has 0 aliphatic carbocycles. The van der Waals surface area contributed by atoms with Crippen LogP contribution in [-0.4, -0.2) is 13.4 Å². The van der Waals surface area contributed by atoms with E-state index in [2.05, 4.69) is 9.71 Å². The van der Waals surface area contributed by atoms with E-state index < -0.39 is 15.8 Å². The second-order valence-electron chi connectivity index (χ2n) is 3.62. The van der Waals surface area contributed by atoms with Crippen molar-refractivity contribution in [3.05, 3.63) is 47.4 Å². The van der Waals surface area contributed by atoms with Crippen LogP contribution in [0, 0.1) is 5.82 Å². The molecule has 0 radical (unpaired) electrons. The van der Waals surface area contributed by atoms with Gasteiger partial charge in [-0.3, -0.25) is 4.72 Å². The summed E-state index contributed by atoms with van der Waals surface area (Å²) in [5.74, 6) is -0.650. The predicted octanol–water partition coefficient (Wildman–Crippen LogP) is 2.26. The van der Waals surface area contributed by atoms with Crippen molar-refractivity contribution < 1.29 is 12.8 Å². The standard InChI is InChI=1S/C11H9ClFN3O2S/c12-7-5-8(13)9(14)6-10(7)19(17,18)16-11-3-1-2-4-15-11/h1-6H,14H2,(H,15,16). The molecule has 0 saturated carbocycles. The Bertz CT molecular complexity index is 707. The molecule has 2 rings (SSSR count). The molecule has 5 nitrogen and oxygen atoms in total. The predicted molar refractivity (Wildman–Crippen MR) is 70.9 cm³/mol. The Morgan fingerprint density at radius 2 is 2.05 bits per heavy atom. The minimum absolute atomic E-state index is 0.126. The summed E-state index contributed by atoms with van der Waals surface area (Å²) in [6.45, 7) is 0. The number of anilines is 2. The number of nitrogen functional groups attached to an aromatic ring is 1. The van der Waals surface area contributed by atoms with E-state index in [1.165, 1.54) is 12.3 Å². The fourth-order valence-electron chi connectivity index (χ4n) is 1.37.